The van der Waals surface area contributed by atoms with Gasteiger partial charge in [-0.25, -0.2) is 0 Å². The third-order valence-electron chi connectivity index (χ3n) is 3.97. The highest BCUT2D eigenvalue weighted by atomic mass is 35.5. The first-order valence-corrected chi connectivity index (χ1v) is 6.84. The second-order valence-corrected chi connectivity index (χ2v) is 5.40. The normalized spacial score (nSPS) is 30.4. The molecule has 5 heteroatoms. The second-order valence-electron chi connectivity index (χ2n) is 5.40. The van der Waals surface area contributed by atoms with Crippen LogP contribution in [0.25, 0.3) is 0 Å². The van der Waals surface area contributed by atoms with Crippen LogP contribution in [0.15, 0.2) is 0 Å². The van der Waals surface area contributed by atoms with E-state index >= 15 is 0 Å². The van der Waals surface area contributed by atoms with Crippen LogP contribution in [-0.4, -0.2) is 42.6 Å². The molecule has 4 nitrogen and oxygen atoms in total. The average Bonchev–Trinajstić information content (AvgIpc) is 2.39. The summed E-state index contributed by atoms with van der Waals surface area (Å²) in [6, 6.07) is 0.179. The fraction of sp³-hybridized carbons (Fsp3) is 0.923. The predicted molar refractivity (Wildman–Crippen MR) is 73.8 cm³/mol. The lowest BCUT2D eigenvalue weighted by Crippen LogP contribution is -2.49. The van der Waals surface area contributed by atoms with E-state index in [4.69, 9.17) is 10.5 Å². The third-order valence-corrected chi connectivity index (χ3v) is 3.97. The van der Waals surface area contributed by atoms with Gasteiger partial charge in [0.05, 0.1) is 0 Å². The van der Waals surface area contributed by atoms with Gasteiger partial charge in [-0.15, -0.1) is 12.4 Å². The quantitative estimate of drug-likeness (QED) is 0.833. The van der Waals surface area contributed by atoms with Crippen LogP contribution in [0.3, 0.4) is 0 Å². The molecule has 3 unspecified atom stereocenters. The zero-order chi connectivity index (χ0) is 12.3. The Morgan fingerprint density at radius 1 is 1.33 bits per heavy atom. The van der Waals surface area contributed by atoms with Gasteiger partial charge >= 0.3 is 0 Å². The summed E-state index contributed by atoms with van der Waals surface area (Å²) in [5, 5.41) is 0. The number of hydrogen-bond acceptors (Lipinski definition) is 3. The molecule has 0 spiro atoms. The Morgan fingerprint density at radius 3 is 2.72 bits per heavy atom. The first-order chi connectivity index (χ1) is 8.18. The molecule has 2 aliphatic rings. The summed E-state index contributed by atoms with van der Waals surface area (Å²) < 4.78 is 5.57. The largest absolute Gasteiger partial charge is 0.368 e. The molecule has 106 valence electrons. The first kappa shape index (κ1) is 15.7. The lowest BCUT2D eigenvalue weighted by Gasteiger charge is -2.37. The van der Waals surface area contributed by atoms with Crippen LogP contribution in [0.5, 0.6) is 0 Å². The minimum Gasteiger partial charge on any atom is -0.368 e. The van der Waals surface area contributed by atoms with Crippen LogP contribution in [-0.2, 0) is 9.53 Å². The number of hydrogen-bond donors (Lipinski definition) is 1. The number of amides is 1. The molecule has 2 rings (SSSR count). The number of carbonyl (C=O) groups is 1. The molecule has 3 atom stereocenters. The molecule has 2 saturated heterocycles. The van der Waals surface area contributed by atoms with E-state index in [0.717, 1.165) is 51.8 Å². The SMILES string of the molecule is CC(N)C1CCCN(C(=O)C2CCCCO2)C1.Cl. The molecule has 0 aliphatic carbocycles. The van der Waals surface area contributed by atoms with Crippen molar-refractivity contribution in [2.45, 2.75) is 51.2 Å². The second kappa shape index (κ2) is 7.31. The number of likely N-dealkylation sites (tertiary alicyclic amines) is 1. The molecule has 0 aromatic rings. The molecule has 0 aromatic carbocycles. The van der Waals surface area contributed by atoms with Crippen LogP contribution >= 0.6 is 12.4 Å². The summed E-state index contributed by atoms with van der Waals surface area (Å²) in [5.41, 5.74) is 5.94. The van der Waals surface area contributed by atoms with E-state index in [0.29, 0.717) is 5.92 Å². The lowest BCUT2D eigenvalue weighted by molar-refractivity contribution is -0.148. The van der Waals surface area contributed by atoms with E-state index in [2.05, 4.69) is 0 Å². The van der Waals surface area contributed by atoms with Crippen molar-refractivity contribution in [3.63, 3.8) is 0 Å². The molecule has 0 aromatic heterocycles. The fourth-order valence-electron chi connectivity index (χ4n) is 2.78. The maximum absolute atomic E-state index is 12.3. The van der Waals surface area contributed by atoms with Crippen molar-refractivity contribution in [2.24, 2.45) is 11.7 Å². The topological polar surface area (TPSA) is 55.6 Å². The number of ether oxygens (including phenoxy) is 1. The Labute approximate surface area is 116 Å². The van der Waals surface area contributed by atoms with Gasteiger partial charge in [-0.1, -0.05) is 0 Å². The standard InChI is InChI=1S/C13H24N2O2.ClH/c1-10(14)11-5-4-7-15(9-11)13(16)12-6-2-3-8-17-12;/h10-12H,2-9,14H2,1H3;1H. The molecule has 2 aliphatic heterocycles. The predicted octanol–water partition coefficient (Wildman–Crippen LogP) is 1.56. The van der Waals surface area contributed by atoms with Crippen molar-refractivity contribution in [1.29, 1.82) is 0 Å². The smallest absolute Gasteiger partial charge is 0.251 e. The number of carbonyl (C=O) groups excluding carboxylic acids is 1. The summed E-state index contributed by atoms with van der Waals surface area (Å²) in [5.74, 6) is 0.645. The molecule has 0 bridgehead atoms. The summed E-state index contributed by atoms with van der Waals surface area (Å²) in [6.07, 6.45) is 5.12. The fourth-order valence-corrected chi connectivity index (χ4v) is 2.78. The van der Waals surface area contributed by atoms with E-state index in [-0.39, 0.29) is 30.5 Å². The Bertz CT molecular complexity index is 268. The maximum Gasteiger partial charge on any atom is 0.251 e. The van der Waals surface area contributed by atoms with Crippen molar-refractivity contribution >= 4 is 18.3 Å². The summed E-state index contributed by atoms with van der Waals surface area (Å²) in [4.78, 5) is 14.2. The molecule has 2 N–H and O–H groups in total. The number of rotatable bonds is 2. The Kier molecular flexibility index (Phi) is 6.39. The Hall–Kier alpha value is -0.320. The monoisotopic (exact) mass is 276 g/mol. The van der Waals surface area contributed by atoms with Gasteiger partial charge in [-0.05, 0) is 44.9 Å². The minimum absolute atomic E-state index is 0. The molecule has 0 radical (unpaired) electrons. The molecule has 18 heavy (non-hydrogen) atoms. The van der Waals surface area contributed by atoms with Gasteiger partial charge in [-0.3, -0.25) is 4.79 Å². The Morgan fingerprint density at radius 2 is 2.11 bits per heavy atom. The summed E-state index contributed by atoms with van der Waals surface area (Å²) in [7, 11) is 0. The van der Waals surface area contributed by atoms with Crippen molar-refractivity contribution in [3.8, 4) is 0 Å². The van der Waals surface area contributed by atoms with E-state index in [1.165, 1.54) is 0 Å². The van der Waals surface area contributed by atoms with Crippen molar-refractivity contribution in [1.82, 2.24) is 4.90 Å². The summed E-state index contributed by atoms with van der Waals surface area (Å²) in [6.45, 7) is 4.47. The number of piperidine rings is 1. The van der Waals surface area contributed by atoms with Crippen molar-refractivity contribution in [2.75, 3.05) is 19.7 Å². The van der Waals surface area contributed by atoms with Crippen LogP contribution in [0.2, 0.25) is 0 Å². The van der Waals surface area contributed by atoms with Crippen LogP contribution in [0.4, 0.5) is 0 Å². The third kappa shape index (κ3) is 3.84. The van der Waals surface area contributed by atoms with Gasteiger partial charge in [0, 0.05) is 25.7 Å². The van der Waals surface area contributed by atoms with Crippen molar-refractivity contribution < 1.29 is 9.53 Å². The molecular weight excluding hydrogens is 252 g/mol. The maximum atomic E-state index is 12.3. The van der Waals surface area contributed by atoms with E-state index in [1.807, 2.05) is 11.8 Å². The molecule has 0 saturated carbocycles. The van der Waals surface area contributed by atoms with E-state index < -0.39 is 0 Å². The minimum atomic E-state index is -0.185. The van der Waals surface area contributed by atoms with Gasteiger partial charge in [0.15, 0.2) is 0 Å². The van der Waals surface area contributed by atoms with Gasteiger partial charge in [0.2, 0.25) is 0 Å². The molecule has 2 fully saturated rings. The zero-order valence-electron chi connectivity index (χ0n) is 11.1. The zero-order valence-corrected chi connectivity index (χ0v) is 12.0. The number of halogens is 1. The Balaban J connectivity index is 0.00000162. The molecule has 2 heterocycles. The van der Waals surface area contributed by atoms with Gasteiger partial charge in [-0.2, -0.15) is 0 Å². The number of nitrogens with zero attached hydrogens (tertiary/aromatic N) is 1. The first-order valence-electron chi connectivity index (χ1n) is 6.84. The highest BCUT2D eigenvalue weighted by Gasteiger charge is 2.31. The molecular formula is C13H25ClN2O2. The van der Waals surface area contributed by atoms with Gasteiger partial charge < -0.3 is 15.4 Å². The highest BCUT2D eigenvalue weighted by molar-refractivity contribution is 5.85. The van der Waals surface area contributed by atoms with E-state index in [1.54, 1.807) is 0 Å². The number of nitrogens with two attached hydrogens (primary N) is 1. The van der Waals surface area contributed by atoms with Gasteiger partial charge in [0.25, 0.3) is 5.91 Å². The highest BCUT2D eigenvalue weighted by Crippen LogP contribution is 2.22. The summed E-state index contributed by atoms with van der Waals surface area (Å²) >= 11 is 0. The average molecular weight is 277 g/mol. The van der Waals surface area contributed by atoms with E-state index in [9.17, 15) is 4.79 Å². The van der Waals surface area contributed by atoms with Crippen molar-refractivity contribution in [3.05, 3.63) is 0 Å². The molecule has 1 amide bonds. The van der Waals surface area contributed by atoms with Crippen LogP contribution in [0.1, 0.15) is 39.0 Å². The van der Waals surface area contributed by atoms with Crippen LogP contribution < -0.4 is 5.73 Å². The van der Waals surface area contributed by atoms with Crippen LogP contribution in [0, 0.1) is 5.92 Å². The van der Waals surface area contributed by atoms with Gasteiger partial charge in [0.1, 0.15) is 6.10 Å². The lowest BCUT2D eigenvalue weighted by atomic mass is 9.91.